The van der Waals surface area contributed by atoms with Crippen molar-refractivity contribution in [3.05, 3.63) is 105 Å². The van der Waals surface area contributed by atoms with E-state index in [2.05, 4.69) is 0 Å². The van der Waals surface area contributed by atoms with Crippen LogP contribution in [0.1, 0.15) is 30.0 Å². The number of likely N-dealkylation sites (tertiary alicyclic amines) is 1. The van der Waals surface area contributed by atoms with Crippen LogP contribution in [0.15, 0.2) is 72.8 Å². The van der Waals surface area contributed by atoms with Crippen LogP contribution in [-0.2, 0) is 33.1 Å². The second-order valence-electron chi connectivity index (χ2n) is 8.42. The molecule has 0 spiro atoms. The smallest absolute Gasteiger partial charge is 0.219 e. The second-order valence-corrected chi connectivity index (χ2v) is 9.26. The minimum Gasteiger partial charge on any atom is -0.368 e. The molecule has 2 atom stereocenters. The lowest BCUT2D eigenvalue weighted by Crippen LogP contribution is -2.56. The molecular weight excluding hydrogens is 476 g/mol. The summed E-state index contributed by atoms with van der Waals surface area (Å²) in [5, 5.41) is 0.917. The van der Waals surface area contributed by atoms with Crippen molar-refractivity contribution in [3.8, 4) is 0 Å². The molecule has 1 amide bonds. The highest BCUT2D eigenvalue weighted by Crippen LogP contribution is 2.40. The normalized spacial score (nSPS) is 20.4. The van der Waals surface area contributed by atoms with E-state index in [1.807, 2.05) is 54.6 Å². The van der Waals surface area contributed by atoms with Crippen LogP contribution in [-0.4, -0.2) is 30.0 Å². The van der Waals surface area contributed by atoms with Crippen LogP contribution < -0.4 is 0 Å². The topological polar surface area (TPSA) is 38.8 Å². The van der Waals surface area contributed by atoms with Gasteiger partial charge in [-0.3, -0.25) is 4.79 Å². The maximum Gasteiger partial charge on any atom is 0.219 e. The van der Waals surface area contributed by atoms with E-state index in [1.54, 1.807) is 17.9 Å². The molecule has 0 saturated carbocycles. The van der Waals surface area contributed by atoms with Gasteiger partial charge in [0.1, 0.15) is 17.5 Å². The minimum atomic E-state index is -0.821. The SMILES string of the molecule is CC(=O)N1CCC(OCc2ccccc2)(c2ccc(Cl)cc2)C(OCc2ccc(F)cc2Cl)C1. The monoisotopic (exact) mass is 501 g/mol. The third-order valence-corrected chi connectivity index (χ3v) is 6.84. The molecule has 1 heterocycles. The van der Waals surface area contributed by atoms with Gasteiger partial charge in [-0.1, -0.05) is 71.7 Å². The van der Waals surface area contributed by atoms with E-state index < -0.39 is 17.5 Å². The molecule has 3 aromatic rings. The van der Waals surface area contributed by atoms with Crippen molar-refractivity contribution in [2.24, 2.45) is 0 Å². The van der Waals surface area contributed by atoms with Crippen molar-refractivity contribution in [1.82, 2.24) is 4.90 Å². The quantitative estimate of drug-likeness (QED) is 0.376. The second kappa shape index (κ2) is 10.9. The number of hydrogen-bond donors (Lipinski definition) is 0. The maximum absolute atomic E-state index is 13.5. The van der Waals surface area contributed by atoms with Gasteiger partial charge >= 0.3 is 0 Å². The van der Waals surface area contributed by atoms with Crippen LogP contribution in [0.3, 0.4) is 0 Å². The fraction of sp³-hybridized carbons (Fsp3) is 0.296. The largest absolute Gasteiger partial charge is 0.368 e. The predicted octanol–water partition coefficient (Wildman–Crippen LogP) is 6.38. The lowest BCUT2D eigenvalue weighted by atomic mass is 9.81. The van der Waals surface area contributed by atoms with Crippen molar-refractivity contribution in [2.45, 2.75) is 38.3 Å². The first-order valence-corrected chi connectivity index (χ1v) is 11.9. The van der Waals surface area contributed by atoms with E-state index >= 15 is 0 Å². The Labute approximate surface area is 209 Å². The molecule has 0 radical (unpaired) electrons. The van der Waals surface area contributed by atoms with Crippen LogP contribution >= 0.6 is 23.2 Å². The Balaban J connectivity index is 1.68. The number of carbonyl (C=O) groups excluding carboxylic acids is 1. The van der Waals surface area contributed by atoms with Crippen LogP contribution in [0.4, 0.5) is 4.39 Å². The number of amides is 1. The Bertz CT molecular complexity index is 1130. The lowest BCUT2D eigenvalue weighted by molar-refractivity contribution is -0.195. The Kier molecular flexibility index (Phi) is 7.89. The number of benzene rings is 3. The van der Waals surface area contributed by atoms with E-state index in [-0.39, 0.29) is 12.5 Å². The van der Waals surface area contributed by atoms with E-state index in [9.17, 15) is 9.18 Å². The summed E-state index contributed by atoms with van der Waals surface area (Å²) < 4.78 is 26.6. The first kappa shape index (κ1) is 24.7. The van der Waals surface area contributed by atoms with Gasteiger partial charge in [-0.2, -0.15) is 0 Å². The zero-order valence-electron chi connectivity index (χ0n) is 18.8. The van der Waals surface area contributed by atoms with Gasteiger partial charge in [0.2, 0.25) is 5.91 Å². The summed E-state index contributed by atoms with van der Waals surface area (Å²) in [5.74, 6) is -0.433. The van der Waals surface area contributed by atoms with Crippen LogP contribution in [0.2, 0.25) is 10.0 Å². The van der Waals surface area contributed by atoms with E-state index in [0.29, 0.717) is 41.7 Å². The Morgan fingerprint density at radius 1 is 1.06 bits per heavy atom. The first-order valence-electron chi connectivity index (χ1n) is 11.1. The van der Waals surface area contributed by atoms with Crippen molar-refractivity contribution in [2.75, 3.05) is 13.1 Å². The lowest BCUT2D eigenvalue weighted by Gasteiger charge is -2.47. The molecule has 0 aromatic heterocycles. The molecule has 2 unspecified atom stereocenters. The number of nitrogens with zero attached hydrogens (tertiary/aromatic N) is 1. The molecule has 0 bridgehead atoms. The molecule has 4 rings (SSSR count). The van der Waals surface area contributed by atoms with Gasteiger partial charge in [0.25, 0.3) is 0 Å². The van der Waals surface area contributed by atoms with Gasteiger partial charge in [0, 0.05) is 29.9 Å². The summed E-state index contributed by atoms with van der Waals surface area (Å²) in [6.07, 6.45) is 0.0548. The van der Waals surface area contributed by atoms with Gasteiger partial charge in [-0.05, 0) is 41.0 Å². The van der Waals surface area contributed by atoms with Gasteiger partial charge in [0.15, 0.2) is 0 Å². The maximum atomic E-state index is 13.5. The van der Waals surface area contributed by atoms with E-state index in [0.717, 1.165) is 11.1 Å². The third-order valence-electron chi connectivity index (χ3n) is 6.23. The highest BCUT2D eigenvalue weighted by atomic mass is 35.5. The molecule has 7 heteroatoms. The summed E-state index contributed by atoms with van der Waals surface area (Å²) in [6.45, 7) is 2.96. The van der Waals surface area contributed by atoms with Crippen LogP contribution in [0, 0.1) is 5.82 Å². The number of ether oxygens (including phenoxy) is 2. The van der Waals surface area contributed by atoms with Crippen LogP contribution in [0.25, 0.3) is 0 Å². The third kappa shape index (κ3) is 5.61. The van der Waals surface area contributed by atoms with Gasteiger partial charge in [0.05, 0.1) is 19.8 Å². The molecule has 34 heavy (non-hydrogen) atoms. The number of piperidine rings is 1. The van der Waals surface area contributed by atoms with E-state index in [1.165, 1.54) is 12.1 Å². The summed E-state index contributed by atoms with van der Waals surface area (Å²) in [6, 6.07) is 21.7. The molecule has 4 nitrogen and oxygen atoms in total. The average molecular weight is 502 g/mol. The van der Waals surface area contributed by atoms with E-state index in [4.69, 9.17) is 32.7 Å². The molecule has 0 aliphatic carbocycles. The fourth-order valence-electron chi connectivity index (χ4n) is 4.30. The zero-order chi connectivity index (χ0) is 24.1. The highest BCUT2D eigenvalue weighted by Gasteiger charge is 2.47. The minimum absolute atomic E-state index is 0.0267. The Morgan fingerprint density at radius 3 is 2.47 bits per heavy atom. The molecule has 1 aliphatic rings. The average Bonchev–Trinajstić information content (AvgIpc) is 2.83. The fourth-order valence-corrected chi connectivity index (χ4v) is 4.65. The van der Waals surface area contributed by atoms with Gasteiger partial charge < -0.3 is 14.4 Å². The summed E-state index contributed by atoms with van der Waals surface area (Å²) in [4.78, 5) is 14.0. The van der Waals surface area contributed by atoms with Crippen LogP contribution in [0.5, 0.6) is 0 Å². The molecule has 1 saturated heterocycles. The molecule has 3 aromatic carbocycles. The number of rotatable bonds is 7. The zero-order valence-corrected chi connectivity index (χ0v) is 20.4. The van der Waals surface area contributed by atoms with Gasteiger partial charge in [-0.15, -0.1) is 0 Å². The Hall–Kier alpha value is -2.44. The molecular formula is C27H26Cl2FNO3. The summed E-state index contributed by atoms with van der Waals surface area (Å²) in [7, 11) is 0. The predicted molar refractivity (Wildman–Crippen MR) is 131 cm³/mol. The first-order chi connectivity index (χ1) is 16.4. The van der Waals surface area contributed by atoms with Crippen molar-refractivity contribution >= 4 is 29.1 Å². The Morgan fingerprint density at radius 2 is 1.79 bits per heavy atom. The molecule has 1 aliphatic heterocycles. The number of halogens is 3. The van der Waals surface area contributed by atoms with Gasteiger partial charge in [-0.25, -0.2) is 4.39 Å². The number of carbonyl (C=O) groups is 1. The van der Waals surface area contributed by atoms with Crippen molar-refractivity contribution in [1.29, 1.82) is 0 Å². The highest BCUT2D eigenvalue weighted by molar-refractivity contribution is 6.31. The summed E-state index contributed by atoms with van der Waals surface area (Å²) >= 11 is 12.4. The standard InChI is InChI=1S/C27H26Cl2FNO3/c1-19(32)31-14-13-27(22-8-10-23(28)11-9-22,34-17-20-5-3-2-4-6-20)26(16-31)33-18-21-7-12-24(30)15-25(21)29/h2-12,15,26H,13-14,16-18H2,1H3. The van der Waals surface area contributed by atoms with Crippen molar-refractivity contribution in [3.63, 3.8) is 0 Å². The van der Waals surface area contributed by atoms with Crippen molar-refractivity contribution < 1.29 is 18.7 Å². The molecule has 1 fully saturated rings. The summed E-state index contributed by atoms with van der Waals surface area (Å²) in [5.41, 5.74) is 1.80. The molecule has 178 valence electrons. The molecule has 0 N–H and O–H groups in total. The number of hydrogen-bond acceptors (Lipinski definition) is 3.